The van der Waals surface area contributed by atoms with E-state index in [9.17, 15) is 18.8 Å². The first kappa shape index (κ1) is 26.8. The van der Waals surface area contributed by atoms with Crippen LogP contribution in [0.1, 0.15) is 44.3 Å². The number of halogens is 2. The van der Waals surface area contributed by atoms with Crippen LogP contribution in [-0.2, 0) is 6.54 Å². The van der Waals surface area contributed by atoms with Gasteiger partial charge in [-0.1, -0.05) is 23.7 Å². The van der Waals surface area contributed by atoms with Gasteiger partial charge in [-0.25, -0.2) is 4.39 Å². The lowest BCUT2D eigenvalue weighted by atomic mass is 9.83. The van der Waals surface area contributed by atoms with Gasteiger partial charge in [0.2, 0.25) is 0 Å². The third-order valence-corrected chi connectivity index (χ3v) is 8.12. The molecular weight excluding hydrogens is 543 g/mol. The Morgan fingerprint density at radius 2 is 1.59 bits per heavy atom. The first-order chi connectivity index (χ1) is 19.7. The number of aromatic nitrogens is 1. The van der Waals surface area contributed by atoms with Gasteiger partial charge >= 0.3 is 0 Å². The Balaban J connectivity index is 1.33. The number of amides is 2. The summed E-state index contributed by atoms with van der Waals surface area (Å²) < 4.78 is 15.4. The third kappa shape index (κ3) is 5.47. The van der Waals surface area contributed by atoms with E-state index in [1.165, 1.54) is 24.3 Å². The number of piperidine rings is 1. The van der Waals surface area contributed by atoms with Crippen molar-refractivity contribution in [2.75, 3.05) is 28.6 Å². The Labute approximate surface area is 241 Å². The number of hydrogen-bond acceptors (Lipinski definition) is 4. The second kappa shape index (κ2) is 10.9. The lowest BCUT2D eigenvalue weighted by molar-refractivity contribution is 0.101. The lowest BCUT2D eigenvalue weighted by Crippen LogP contribution is -2.47. The van der Waals surface area contributed by atoms with E-state index in [-0.39, 0.29) is 23.3 Å². The molecule has 2 atom stereocenters. The fraction of sp³-hybridized carbons (Fsp3) is 0.219. The van der Waals surface area contributed by atoms with Gasteiger partial charge < -0.3 is 20.1 Å². The maximum absolute atomic E-state index is 13.5. The first-order valence-corrected chi connectivity index (χ1v) is 13.9. The molecule has 41 heavy (non-hydrogen) atoms. The van der Waals surface area contributed by atoms with Crippen molar-refractivity contribution in [3.8, 4) is 0 Å². The number of pyridine rings is 1. The fourth-order valence-corrected chi connectivity index (χ4v) is 6.04. The molecule has 0 spiro atoms. The molecule has 0 aliphatic carbocycles. The molecule has 2 N–H and O–H groups in total. The van der Waals surface area contributed by atoms with E-state index >= 15 is 0 Å². The molecule has 0 saturated carbocycles. The fourth-order valence-electron chi connectivity index (χ4n) is 5.87. The summed E-state index contributed by atoms with van der Waals surface area (Å²) in [6.45, 7) is 3.87. The van der Waals surface area contributed by atoms with Crippen molar-refractivity contribution in [2.45, 2.75) is 25.8 Å². The Hall–Kier alpha value is -4.43. The molecule has 2 aliphatic rings. The molecule has 9 heteroatoms. The molecule has 4 aromatic rings. The molecule has 1 aromatic heterocycles. The van der Waals surface area contributed by atoms with E-state index in [0.717, 1.165) is 23.4 Å². The molecular formula is C32H28ClFN4O3. The average molecular weight is 571 g/mol. The van der Waals surface area contributed by atoms with E-state index < -0.39 is 11.7 Å². The van der Waals surface area contributed by atoms with Crippen LogP contribution >= 0.6 is 11.6 Å². The second-order valence-corrected chi connectivity index (χ2v) is 11.1. The molecule has 1 saturated heterocycles. The second-order valence-electron chi connectivity index (χ2n) is 10.7. The highest BCUT2D eigenvalue weighted by Crippen LogP contribution is 2.39. The number of nitrogens with one attached hydrogen (secondary N) is 2. The van der Waals surface area contributed by atoms with Crippen molar-refractivity contribution in [1.82, 2.24) is 4.57 Å². The molecule has 0 radical (unpaired) electrons. The quantitative estimate of drug-likeness (QED) is 0.305. The minimum Gasteiger partial charge on any atom is -0.369 e. The van der Waals surface area contributed by atoms with Crippen LogP contribution in [0.15, 0.2) is 83.7 Å². The summed E-state index contributed by atoms with van der Waals surface area (Å²) in [4.78, 5) is 41.2. The summed E-state index contributed by atoms with van der Waals surface area (Å²) >= 11 is 6.14. The minimum atomic E-state index is -0.434. The smallest absolute Gasteiger partial charge is 0.255 e. The maximum Gasteiger partial charge on any atom is 0.255 e. The lowest BCUT2D eigenvalue weighted by Gasteiger charge is -2.44. The van der Waals surface area contributed by atoms with Crippen LogP contribution in [0.5, 0.6) is 0 Å². The molecule has 208 valence electrons. The number of aryl methyl sites for hydroxylation is 1. The van der Waals surface area contributed by atoms with Gasteiger partial charge in [-0.2, -0.15) is 0 Å². The monoisotopic (exact) mass is 570 g/mol. The Kier molecular flexibility index (Phi) is 7.09. The van der Waals surface area contributed by atoms with Crippen LogP contribution in [0, 0.1) is 18.7 Å². The number of carbonyl (C=O) groups is 2. The number of fused-ring (bicyclic) bond motifs is 4. The zero-order chi connectivity index (χ0) is 28.7. The zero-order valence-corrected chi connectivity index (χ0v) is 23.1. The zero-order valence-electron chi connectivity index (χ0n) is 22.4. The summed E-state index contributed by atoms with van der Waals surface area (Å²) in [6.07, 6.45) is 0.983. The van der Waals surface area contributed by atoms with Crippen LogP contribution in [0.4, 0.5) is 21.5 Å². The van der Waals surface area contributed by atoms with Gasteiger partial charge in [0.1, 0.15) is 5.82 Å². The number of hydrogen-bond donors (Lipinski definition) is 2. The Bertz CT molecular complexity index is 1720. The molecule has 2 unspecified atom stereocenters. The van der Waals surface area contributed by atoms with Gasteiger partial charge in [0.25, 0.3) is 17.4 Å². The predicted molar refractivity (Wildman–Crippen MR) is 159 cm³/mol. The topological polar surface area (TPSA) is 83.4 Å². The van der Waals surface area contributed by atoms with Crippen LogP contribution in [0.3, 0.4) is 0 Å². The van der Waals surface area contributed by atoms with Gasteiger partial charge in [-0.3, -0.25) is 14.4 Å². The van der Waals surface area contributed by atoms with E-state index in [0.29, 0.717) is 47.2 Å². The van der Waals surface area contributed by atoms with Crippen LogP contribution < -0.4 is 21.1 Å². The Morgan fingerprint density at radius 3 is 2.39 bits per heavy atom. The number of carbonyl (C=O) groups excluding carboxylic acids is 2. The van der Waals surface area contributed by atoms with Crippen molar-refractivity contribution in [3.63, 3.8) is 0 Å². The summed E-state index contributed by atoms with van der Waals surface area (Å²) in [5.74, 6) is -0.773. The summed E-state index contributed by atoms with van der Waals surface area (Å²) in [5, 5.41) is 6.37. The van der Waals surface area contributed by atoms with Crippen LogP contribution in [0.2, 0.25) is 5.02 Å². The SMILES string of the molecule is Cc1ccc(Cl)cc1NC(=O)c1ccc(N2CC3CC(C2)c2cccc(=O)n2C3)c(NC(=O)c2ccc(F)cc2)c1. The first-order valence-electron chi connectivity index (χ1n) is 13.5. The van der Waals surface area contributed by atoms with Crippen LogP contribution in [-0.4, -0.2) is 29.5 Å². The van der Waals surface area contributed by atoms with Gasteiger partial charge in [-0.05, 0) is 85.5 Å². The van der Waals surface area contributed by atoms with Crippen molar-refractivity contribution in [1.29, 1.82) is 0 Å². The van der Waals surface area contributed by atoms with Gasteiger partial charge in [-0.15, -0.1) is 0 Å². The van der Waals surface area contributed by atoms with Crippen molar-refractivity contribution in [3.05, 3.63) is 122 Å². The number of nitrogens with zero attached hydrogens (tertiary/aromatic N) is 2. The van der Waals surface area contributed by atoms with Crippen LogP contribution in [0.25, 0.3) is 0 Å². The number of benzene rings is 3. The summed E-state index contributed by atoms with van der Waals surface area (Å²) in [6, 6.07) is 21.2. The molecule has 1 fully saturated rings. The predicted octanol–water partition coefficient (Wildman–Crippen LogP) is 6.08. The van der Waals surface area contributed by atoms with E-state index in [1.54, 1.807) is 36.4 Å². The molecule has 3 aromatic carbocycles. The molecule has 7 nitrogen and oxygen atoms in total. The van der Waals surface area contributed by atoms with Gasteiger partial charge in [0, 0.05) is 59.1 Å². The van der Waals surface area contributed by atoms with Crippen molar-refractivity contribution >= 4 is 40.5 Å². The highest BCUT2D eigenvalue weighted by molar-refractivity contribution is 6.31. The molecule has 6 rings (SSSR count). The summed E-state index contributed by atoms with van der Waals surface area (Å²) in [7, 11) is 0. The van der Waals surface area contributed by atoms with Gasteiger partial charge in [0.15, 0.2) is 0 Å². The standard InChI is InChI=1S/C32H28ClFN4O3/c1-19-5-9-24(33)15-26(19)35-32(41)22-8-12-29(27(14-22)36-31(40)21-6-10-25(34)11-7-21)37-16-20-13-23(18-37)28-3-2-4-30(39)38(28)17-20/h2-12,14-15,20,23H,13,16-18H2,1H3,(H,35,41)(H,36,40). The largest absolute Gasteiger partial charge is 0.369 e. The average Bonchev–Trinajstić information content (AvgIpc) is 2.96. The van der Waals surface area contributed by atoms with Crippen molar-refractivity contribution in [2.24, 2.45) is 5.92 Å². The van der Waals surface area contributed by atoms with Gasteiger partial charge in [0.05, 0.1) is 11.4 Å². The maximum atomic E-state index is 13.5. The highest BCUT2D eigenvalue weighted by atomic mass is 35.5. The summed E-state index contributed by atoms with van der Waals surface area (Å²) in [5.41, 5.74) is 4.40. The minimum absolute atomic E-state index is 0.0169. The van der Waals surface area contributed by atoms with E-state index in [4.69, 9.17) is 11.6 Å². The third-order valence-electron chi connectivity index (χ3n) is 7.88. The molecule has 2 amide bonds. The van der Waals surface area contributed by atoms with E-state index in [2.05, 4.69) is 15.5 Å². The normalized spacial score (nSPS) is 17.5. The Morgan fingerprint density at radius 1 is 0.854 bits per heavy atom. The molecule has 3 heterocycles. The molecule has 2 aliphatic heterocycles. The number of rotatable bonds is 5. The highest BCUT2D eigenvalue weighted by Gasteiger charge is 2.35. The van der Waals surface area contributed by atoms with E-state index in [1.807, 2.05) is 29.7 Å². The van der Waals surface area contributed by atoms with Crippen molar-refractivity contribution < 1.29 is 14.0 Å². The molecule has 2 bridgehead atoms. The number of anilines is 3.